The molecule has 2 aromatic rings. The molecule has 122 valence electrons. The van der Waals surface area contributed by atoms with Crippen LogP contribution < -0.4 is 5.32 Å². The van der Waals surface area contributed by atoms with Gasteiger partial charge in [-0.05, 0) is 35.7 Å². The van der Waals surface area contributed by atoms with E-state index in [9.17, 15) is 4.79 Å². The summed E-state index contributed by atoms with van der Waals surface area (Å²) in [4.78, 5) is 12.6. The first-order valence-electron chi connectivity index (χ1n) is 8.15. The second-order valence-corrected chi connectivity index (χ2v) is 6.09. The van der Waals surface area contributed by atoms with Gasteiger partial charge in [0.15, 0.2) is 0 Å². The van der Waals surface area contributed by atoms with E-state index in [0.29, 0.717) is 31.6 Å². The number of fused-ring (bicyclic) bond motifs is 1. The quantitative estimate of drug-likeness (QED) is 0.861. The maximum absolute atomic E-state index is 12.6. The smallest absolute Gasteiger partial charge is 0.327 e. The third-order valence-electron chi connectivity index (χ3n) is 4.46. The number of carbonyl (C=O) groups is 1. The van der Waals surface area contributed by atoms with Crippen molar-refractivity contribution in [2.24, 2.45) is 0 Å². The molecule has 24 heavy (non-hydrogen) atoms. The van der Waals surface area contributed by atoms with E-state index in [1.807, 2.05) is 37.3 Å². The van der Waals surface area contributed by atoms with E-state index in [4.69, 9.17) is 10.00 Å². The second kappa shape index (κ2) is 6.86. The lowest BCUT2D eigenvalue weighted by atomic mass is 9.95. The molecule has 4 nitrogen and oxygen atoms in total. The molecule has 0 saturated heterocycles. The molecular weight excluding hydrogens is 300 g/mol. The van der Waals surface area contributed by atoms with Crippen LogP contribution in [0.3, 0.4) is 0 Å². The van der Waals surface area contributed by atoms with Crippen LogP contribution in [0.15, 0.2) is 48.5 Å². The lowest BCUT2D eigenvalue weighted by molar-refractivity contribution is -0.151. The van der Waals surface area contributed by atoms with Crippen molar-refractivity contribution < 1.29 is 9.53 Å². The molecular formula is C20H20N2O2. The van der Waals surface area contributed by atoms with Gasteiger partial charge in [-0.15, -0.1) is 0 Å². The van der Waals surface area contributed by atoms with Crippen LogP contribution >= 0.6 is 0 Å². The van der Waals surface area contributed by atoms with Gasteiger partial charge in [-0.3, -0.25) is 10.1 Å². The van der Waals surface area contributed by atoms with Crippen LogP contribution in [-0.2, 0) is 28.9 Å². The minimum Gasteiger partial charge on any atom is -0.465 e. The van der Waals surface area contributed by atoms with Gasteiger partial charge in [-0.2, -0.15) is 5.26 Å². The van der Waals surface area contributed by atoms with Gasteiger partial charge in [0.05, 0.1) is 18.2 Å². The number of nitrogens with zero attached hydrogens (tertiary/aromatic N) is 1. The van der Waals surface area contributed by atoms with Gasteiger partial charge in [0.1, 0.15) is 5.54 Å². The molecule has 0 bridgehead atoms. The number of nitriles is 1. The van der Waals surface area contributed by atoms with Crippen LogP contribution in [0, 0.1) is 11.3 Å². The average molecular weight is 320 g/mol. The highest BCUT2D eigenvalue weighted by molar-refractivity contribution is 5.83. The maximum atomic E-state index is 12.6. The van der Waals surface area contributed by atoms with Crippen molar-refractivity contribution in [3.8, 4) is 6.07 Å². The van der Waals surface area contributed by atoms with Crippen LogP contribution in [0.1, 0.15) is 29.2 Å². The molecule has 0 atom stereocenters. The Labute approximate surface area is 142 Å². The Morgan fingerprint density at radius 1 is 1.21 bits per heavy atom. The molecule has 0 fully saturated rings. The van der Waals surface area contributed by atoms with Crippen molar-refractivity contribution >= 4 is 5.97 Å². The topological polar surface area (TPSA) is 62.1 Å². The normalized spacial score (nSPS) is 14.7. The molecule has 0 spiro atoms. The molecule has 1 aliphatic carbocycles. The molecule has 2 aromatic carbocycles. The molecule has 0 heterocycles. The van der Waals surface area contributed by atoms with E-state index in [0.717, 1.165) is 5.56 Å². The fourth-order valence-electron chi connectivity index (χ4n) is 3.25. The minimum atomic E-state index is -0.734. The van der Waals surface area contributed by atoms with Crippen LogP contribution in [-0.4, -0.2) is 18.1 Å². The van der Waals surface area contributed by atoms with Gasteiger partial charge in [0.2, 0.25) is 0 Å². The summed E-state index contributed by atoms with van der Waals surface area (Å²) >= 11 is 0. The average Bonchev–Trinajstić information content (AvgIpc) is 3.00. The highest BCUT2D eigenvalue weighted by Crippen LogP contribution is 2.31. The Morgan fingerprint density at radius 2 is 1.92 bits per heavy atom. The van der Waals surface area contributed by atoms with Crippen LogP contribution in [0.5, 0.6) is 0 Å². The summed E-state index contributed by atoms with van der Waals surface area (Å²) in [6.45, 7) is 2.70. The molecule has 0 amide bonds. The summed E-state index contributed by atoms with van der Waals surface area (Å²) in [5.41, 5.74) is 3.23. The number of carbonyl (C=O) groups excluding carboxylic acids is 1. The van der Waals surface area contributed by atoms with Gasteiger partial charge in [-0.25, -0.2) is 0 Å². The van der Waals surface area contributed by atoms with Gasteiger partial charge >= 0.3 is 5.97 Å². The van der Waals surface area contributed by atoms with E-state index in [-0.39, 0.29) is 5.97 Å². The number of benzene rings is 2. The van der Waals surface area contributed by atoms with Crippen LogP contribution in [0.25, 0.3) is 0 Å². The third-order valence-corrected chi connectivity index (χ3v) is 4.46. The van der Waals surface area contributed by atoms with Crippen LogP contribution in [0.4, 0.5) is 0 Å². The summed E-state index contributed by atoms with van der Waals surface area (Å²) in [5.74, 6) is -0.211. The summed E-state index contributed by atoms with van der Waals surface area (Å²) in [6.07, 6.45) is 1.25. The Balaban J connectivity index is 1.82. The summed E-state index contributed by atoms with van der Waals surface area (Å²) in [6, 6.07) is 17.7. The molecule has 1 N–H and O–H groups in total. The number of esters is 1. The number of rotatable bonds is 5. The number of hydrogen-bond donors (Lipinski definition) is 1. The predicted octanol–water partition coefficient (Wildman–Crippen LogP) is 2.75. The minimum absolute atomic E-state index is 0.211. The zero-order valence-electron chi connectivity index (χ0n) is 13.7. The van der Waals surface area contributed by atoms with E-state index < -0.39 is 5.54 Å². The first-order valence-corrected chi connectivity index (χ1v) is 8.15. The molecule has 0 aliphatic heterocycles. The van der Waals surface area contributed by atoms with Crippen LogP contribution in [0.2, 0.25) is 0 Å². The molecule has 3 rings (SSSR count). The highest BCUT2D eigenvalue weighted by Gasteiger charge is 2.44. The SMILES string of the molecule is CCOC(=O)C1(NCc2cccc(C#N)c2)Cc2ccccc2C1. The third kappa shape index (κ3) is 3.17. The monoisotopic (exact) mass is 320 g/mol. The Bertz CT molecular complexity index is 767. The second-order valence-electron chi connectivity index (χ2n) is 6.09. The summed E-state index contributed by atoms with van der Waals surface area (Å²) < 4.78 is 5.34. The highest BCUT2D eigenvalue weighted by atomic mass is 16.5. The Kier molecular flexibility index (Phi) is 4.64. The zero-order valence-corrected chi connectivity index (χ0v) is 13.7. The number of hydrogen-bond acceptors (Lipinski definition) is 4. The summed E-state index contributed by atoms with van der Waals surface area (Å²) in [5, 5.41) is 12.4. The van der Waals surface area contributed by atoms with Crippen molar-refractivity contribution in [2.45, 2.75) is 31.8 Å². The van der Waals surface area contributed by atoms with Crippen molar-refractivity contribution in [1.82, 2.24) is 5.32 Å². The van der Waals surface area contributed by atoms with E-state index in [2.05, 4.69) is 23.5 Å². The zero-order chi connectivity index (χ0) is 17.0. The lowest BCUT2D eigenvalue weighted by Gasteiger charge is -2.28. The molecule has 0 saturated carbocycles. The number of ether oxygens (including phenoxy) is 1. The van der Waals surface area contributed by atoms with E-state index in [1.165, 1.54) is 11.1 Å². The van der Waals surface area contributed by atoms with E-state index in [1.54, 1.807) is 6.07 Å². The molecule has 4 heteroatoms. The first-order chi connectivity index (χ1) is 11.7. The Hall–Kier alpha value is -2.64. The summed E-state index contributed by atoms with van der Waals surface area (Å²) in [7, 11) is 0. The molecule has 0 aromatic heterocycles. The standard InChI is InChI=1S/C20H20N2O2/c1-2-24-19(23)20(11-17-8-3-4-9-18(17)12-20)22-14-16-7-5-6-15(10-16)13-21/h3-10,22H,2,11-12,14H2,1H3. The fraction of sp³-hybridized carbons (Fsp3) is 0.300. The predicted molar refractivity (Wildman–Crippen MR) is 91.2 cm³/mol. The van der Waals surface area contributed by atoms with Crippen molar-refractivity contribution in [2.75, 3.05) is 6.61 Å². The first kappa shape index (κ1) is 16.2. The van der Waals surface area contributed by atoms with Crippen molar-refractivity contribution in [3.05, 3.63) is 70.8 Å². The van der Waals surface area contributed by atoms with Crippen molar-refractivity contribution in [1.29, 1.82) is 5.26 Å². The van der Waals surface area contributed by atoms with Gasteiger partial charge < -0.3 is 4.74 Å². The number of nitrogens with one attached hydrogen (secondary N) is 1. The van der Waals surface area contributed by atoms with Gasteiger partial charge in [-0.1, -0.05) is 36.4 Å². The molecule has 0 unspecified atom stereocenters. The molecule has 1 aliphatic rings. The fourth-order valence-corrected chi connectivity index (χ4v) is 3.25. The van der Waals surface area contributed by atoms with E-state index >= 15 is 0 Å². The van der Waals surface area contributed by atoms with Gasteiger partial charge in [0.25, 0.3) is 0 Å². The van der Waals surface area contributed by atoms with Crippen molar-refractivity contribution in [3.63, 3.8) is 0 Å². The Morgan fingerprint density at radius 3 is 2.54 bits per heavy atom. The molecule has 0 radical (unpaired) electrons. The lowest BCUT2D eigenvalue weighted by Crippen LogP contribution is -2.53. The maximum Gasteiger partial charge on any atom is 0.327 e. The van der Waals surface area contributed by atoms with Gasteiger partial charge in [0, 0.05) is 19.4 Å². The largest absolute Gasteiger partial charge is 0.465 e.